The largest absolute Gasteiger partial charge is 0.476 e. The number of carbonyl (C=O) groups is 1. The van der Waals surface area contributed by atoms with E-state index in [1.54, 1.807) is 4.68 Å². The number of aryl methyl sites for hydroxylation is 1. The second-order valence-electron chi connectivity index (χ2n) is 5.82. The average molecular weight is 315 g/mol. The average Bonchev–Trinajstić information content (AvgIpc) is 3.00. The van der Waals surface area contributed by atoms with Gasteiger partial charge in [-0.25, -0.2) is 9.48 Å². The normalized spacial score (nSPS) is 11.1. The Labute approximate surface area is 137 Å². The molecule has 0 aliphatic carbocycles. The molecule has 0 amide bonds. The second kappa shape index (κ2) is 7.90. The summed E-state index contributed by atoms with van der Waals surface area (Å²) in [5, 5.41) is 17.4. The van der Waals surface area contributed by atoms with E-state index in [0.717, 1.165) is 24.9 Å². The zero-order valence-corrected chi connectivity index (χ0v) is 14.1. The molecule has 0 fully saturated rings. The summed E-state index contributed by atoms with van der Waals surface area (Å²) in [7, 11) is 0. The van der Waals surface area contributed by atoms with Crippen molar-refractivity contribution in [3.8, 4) is 5.69 Å². The van der Waals surface area contributed by atoms with Gasteiger partial charge in [0.15, 0.2) is 5.69 Å². The van der Waals surface area contributed by atoms with Crippen LogP contribution < -0.4 is 0 Å². The molecule has 0 radical (unpaired) electrons. The molecule has 1 N–H and O–H groups in total. The molecule has 5 heteroatoms. The number of nitrogens with zero attached hydrogens (tertiary/aromatic N) is 3. The van der Waals surface area contributed by atoms with Crippen molar-refractivity contribution in [2.24, 2.45) is 0 Å². The smallest absolute Gasteiger partial charge is 0.358 e. The van der Waals surface area contributed by atoms with Crippen LogP contribution in [0.2, 0.25) is 0 Å². The Hall–Kier alpha value is -2.17. The highest BCUT2D eigenvalue weighted by Gasteiger charge is 2.25. The van der Waals surface area contributed by atoms with E-state index in [0.29, 0.717) is 5.69 Å². The van der Waals surface area contributed by atoms with E-state index in [2.05, 4.69) is 43.2 Å². The van der Waals surface area contributed by atoms with Gasteiger partial charge in [-0.05, 0) is 43.4 Å². The minimum atomic E-state index is -1.02. The standard InChI is InChI=1S/C18H25N3O2/c1-4-7-8-13-9-11-15(12-10-13)21-17(14(5-2)6-3)16(18(22)23)19-20-21/h9-12,14H,4-8H2,1-3H3,(H,22,23). The Morgan fingerprint density at radius 3 is 2.35 bits per heavy atom. The molecule has 5 nitrogen and oxygen atoms in total. The van der Waals surface area contributed by atoms with Gasteiger partial charge in [0.25, 0.3) is 0 Å². The lowest BCUT2D eigenvalue weighted by atomic mass is 9.97. The van der Waals surface area contributed by atoms with Crippen LogP contribution in [-0.4, -0.2) is 26.1 Å². The van der Waals surface area contributed by atoms with Crippen molar-refractivity contribution < 1.29 is 9.90 Å². The first kappa shape index (κ1) is 17.2. The lowest BCUT2D eigenvalue weighted by molar-refractivity contribution is 0.0688. The predicted molar refractivity (Wildman–Crippen MR) is 90.3 cm³/mol. The van der Waals surface area contributed by atoms with Gasteiger partial charge >= 0.3 is 5.97 Å². The summed E-state index contributed by atoms with van der Waals surface area (Å²) in [6.45, 7) is 6.30. The summed E-state index contributed by atoms with van der Waals surface area (Å²) in [6.07, 6.45) is 5.13. The van der Waals surface area contributed by atoms with Crippen LogP contribution in [0.15, 0.2) is 24.3 Å². The first-order valence-electron chi connectivity index (χ1n) is 8.40. The number of aromatic carboxylic acids is 1. The third-order valence-corrected chi connectivity index (χ3v) is 4.28. The first-order valence-corrected chi connectivity index (χ1v) is 8.40. The molecular formula is C18H25N3O2. The van der Waals surface area contributed by atoms with Gasteiger partial charge in [0.1, 0.15) is 0 Å². The second-order valence-corrected chi connectivity index (χ2v) is 5.82. The van der Waals surface area contributed by atoms with Gasteiger partial charge < -0.3 is 5.11 Å². The Bertz CT molecular complexity index is 643. The van der Waals surface area contributed by atoms with Crippen LogP contribution in [0.4, 0.5) is 0 Å². The van der Waals surface area contributed by atoms with E-state index < -0.39 is 5.97 Å². The van der Waals surface area contributed by atoms with Gasteiger partial charge in [0.05, 0.1) is 11.4 Å². The maximum Gasteiger partial charge on any atom is 0.358 e. The van der Waals surface area contributed by atoms with Crippen molar-refractivity contribution in [1.29, 1.82) is 0 Å². The molecule has 1 heterocycles. The van der Waals surface area contributed by atoms with Crippen molar-refractivity contribution >= 4 is 5.97 Å². The summed E-state index contributed by atoms with van der Waals surface area (Å²) in [5.41, 5.74) is 2.92. The van der Waals surface area contributed by atoms with Crippen LogP contribution >= 0.6 is 0 Å². The number of rotatable bonds is 8. The number of benzene rings is 1. The number of hydrogen-bond acceptors (Lipinski definition) is 3. The molecule has 124 valence electrons. The van der Waals surface area contributed by atoms with E-state index in [1.165, 1.54) is 18.4 Å². The predicted octanol–water partition coefficient (Wildman–Crippen LogP) is 4.21. The Kier molecular flexibility index (Phi) is 5.90. The van der Waals surface area contributed by atoms with Gasteiger partial charge in [-0.3, -0.25) is 0 Å². The molecule has 2 rings (SSSR count). The zero-order valence-electron chi connectivity index (χ0n) is 14.1. The molecular weight excluding hydrogens is 290 g/mol. The summed E-state index contributed by atoms with van der Waals surface area (Å²) in [4.78, 5) is 11.5. The van der Waals surface area contributed by atoms with Crippen molar-refractivity contribution in [2.45, 2.75) is 58.8 Å². The van der Waals surface area contributed by atoms with E-state index >= 15 is 0 Å². The molecule has 0 saturated carbocycles. The zero-order chi connectivity index (χ0) is 16.8. The van der Waals surface area contributed by atoms with Crippen molar-refractivity contribution in [3.05, 3.63) is 41.2 Å². The first-order chi connectivity index (χ1) is 11.1. The van der Waals surface area contributed by atoms with Gasteiger partial charge in [0.2, 0.25) is 0 Å². The molecule has 0 aliphatic rings. The molecule has 0 bridgehead atoms. The van der Waals surface area contributed by atoms with Gasteiger partial charge in [-0.2, -0.15) is 0 Å². The van der Waals surface area contributed by atoms with Crippen molar-refractivity contribution in [1.82, 2.24) is 15.0 Å². The third-order valence-electron chi connectivity index (χ3n) is 4.28. The minimum Gasteiger partial charge on any atom is -0.476 e. The van der Waals surface area contributed by atoms with Crippen LogP contribution in [-0.2, 0) is 6.42 Å². The molecule has 0 unspecified atom stereocenters. The monoisotopic (exact) mass is 315 g/mol. The molecule has 0 aliphatic heterocycles. The molecule has 2 aromatic rings. The molecule has 0 atom stereocenters. The highest BCUT2D eigenvalue weighted by Crippen LogP contribution is 2.27. The Morgan fingerprint density at radius 2 is 1.83 bits per heavy atom. The molecule has 1 aromatic heterocycles. The number of carboxylic acids is 1. The molecule has 0 spiro atoms. The fourth-order valence-corrected chi connectivity index (χ4v) is 2.86. The summed E-state index contributed by atoms with van der Waals surface area (Å²) < 4.78 is 1.69. The fraction of sp³-hybridized carbons (Fsp3) is 0.500. The lowest BCUT2D eigenvalue weighted by Gasteiger charge is -2.15. The SMILES string of the molecule is CCCCc1ccc(-n2nnc(C(=O)O)c2C(CC)CC)cc1. The Morgan fingerprint density at radius 1 is 1.17 bits per heavy atom. The highest BCUT2D eigenvalue weighted by atomic mass is 16.4. The lowest BCUT2D eigenvalue weighted by Crippen LogP contribution is -2.11. The van der Waals surface area contributed by atoms with Crippen LogP contribution in [0.1, 0.15) is 74.1 Å². The van der Waals surface area contributed by atoms with Gasteiger partial charge in [-0.15, -0.1) is 5.10 Å². The van der Waals surface area contributed by atoms with E-state index in [1.807, 2.05) is 12.1 Å². The van der Waals surface area contributed by atoms with Crippen LogP contribution in [0.25, 0.3) is 5.69 Å². The van der Waals surface area contributed by atoms with E-state index in [-0.39, 0.29) is 11.6 Å². The number of unbranched alkanes of at least 4 members (excludes halogenated alkanes) is 1. The van der Waals surface area contributed by atoms with E-state index in [4.69, 9.17) is 0 Å². The van der Waals surface area contributed by atoms with Crippen molar-refractivity contribution in [3.63, 3.8) is 0 Å². The maximum atomic E-state index is 11.5. The number of hydrogen-bond donors (Lipinski definition) is 1. The minimum absolute atomic E-state index is 0.0637. The maximum absolute atomic E-state index is 11.5. The Balaban J connectivity index is 2.40. The van der Waals surface area contributed by atoms with Crippen LogP contribution in [0, 0.1) is 0 Å². The van der Waals surface area contributed by atoms with Gasteiger partial charge in [0, 0.05) is 5.92 Å². The fourth-order valence-electron chi connectivity index (χ4n) is 2.86. The third kappa shape index (κ3) is 3.78. The van der Waals surface area contributed by atoms with Crippen LogP contribution in [0.5, 0.6) is 0 Å². The summed E-state index contributed by atoms with van der Waals surface area (Å²) in [6, 6.07) is 8.17. The molecule has 23 heavy (non-hydrogen) atoms. The van der Waals surface area contributed by atoms with E-state index in [9.17, 15) is 9.90 Å². The van der Waals surface area contributed by atoms with Crippen molar-refractivity contribution in [2.75, 3.05) is 0 Å². The number of carboxylic acid groups (broad SMARTS) is 1. The van der Waals surface area contributed by atoms with Gasteiger partial charge in [-0.1, -0.05) is 44.5 Å². The highest BCUT2D eigenvalue weighted by molar-refractivity contribution is 5.86. The topological polar surface area (TPSA) is 68.0 Å². The molecule has 1 aromatic carbocycles. The number of aromatic nitrogens is 3. The molecule has 0 saturated heterocycles. The van der Waals surface area contributed by atoms with Crippen LogP contribution in [0.3, 0.4) is 0 Å². The summed E-state index contributed by atoms with van der Waals surface area (Å²) in [5.74, 6) is -0.881. The summed E-state index contributed by atoms with van der Waals surface area (Å²) >= 11 is 0. The quantitative estimate of drug-likeness (QED) is 0.792.